The molecule has 0 radical (unpaired) electrons. The molecule has 0 N–H and O–H groups in total. The Labute approximate surface area is 135 Å². The molecule has 1 aliphatic heterocycles. The minimum absolute atomic E-state index is 0.00220. The lowest BCUT2D eigenvalue weighted by molar-refractivity contribution is -0.137. The number of esters is 1. The van der Waals surface area contributed by atoms with Gasteiger partial charge in [-0.05, 0) is 42.5 Å². The summed E-state index contributed by atoms with van der Waals surface area (Å²) >= 11 is 0. The van der Waals surface area contributed by atoms with E-state index in [1.54, 1.807) is 19.1 Å². The predicted molar refractivity (Wildman–Crippen MR) is 85.5 cm³/mol. The van der Waals surface area contributed by atoms with Crippen molar-refractivity contribution in [3.05, 3.63) is 58.9 Å². The van der Waals surface area contributed by atoms with Gasteiger partial charge in [0.05, 0.1) is 12.5 Å². The predicted octanol–water partition coefficient (Wildman–Crippen LogP) is 4.03. The van der Waals surface area contributed by atoms with Gasteiger partial charge in [-0.1, -0.05) is 37.3 Å². The van der Waals surface area contributed by atoms with E-state index in [4.69, 9.17) is 9.47 Å². The van der Waals surface area contributed by atoms with Crippen LogP contribution in [0.5, 0.6) is 11.5 Å². The molecule has 23 heavy (non-hydrogen) atoms. The van der Waals surface area contributed by atoms with E-state index in [0.29, 0.717) is 18.6 Å². The van der Waals surface area contributed by atoms with Gasteiger partial charge in [-0.3, -0.25) is 4.79 Å². The molecule has 3 rings (SSSR count). The zero-order chi connectivity index (χ0) is 16.4. The number of carbonyl (C=O) groups excluding carboxylic acids is 1. The first-order valence-electron chi connectivity index (χ1n) is 7.88. The monoisotopic (exact) mass is 314 g/mol. The molecular weight excluding hydrogens is 295 g/mol. The molecule has 1 atom stereocenters. The number of rotatable bonds is 4. The van der Waals surface area contributed by atoms with E-state index in [1.807, 2.05) is 24.3 Å². The average molecular weight is 314 g/mol. The van der Waals surface area contributed by atoms with Crippen LogP contribution in [0.15, 0.2) is 36.4 Å². The second-order valence-electron chi connectivity index (χ2n) is 5.57. The molecule has 0 saturated carbocycles. The Bertz CT molecular complexity index is 722. The smallest absolute Gasteiger partial charge is 0.319 e. The third-order valence-corrected chi connectivity index (χ3v) is 4.14. The molecule has 1 aliphatic rings. The van der Waals surface area contributed by atoms with Gasteiger partial charge in [-0.2, -0.15) is 4.39 Å². The van der Waals surface area contributed by atoms with E-state index in [1.165, 1.54) is 5.56 Å². The van der Waals surface area contributed by atoms with Crippen molar-refractivity contribution in [1.82, 2.24) is 0 Å². The van der Waals surface area contributed by atoms with Crippen molar-refractivity contribution in [1.29, 1.82) is 0 Å². The molecule has 0 bridgehead atoms. The number of carbonyl (C=O) groups is 1. The lowest BCUT2D eigenvalue weighted by Crippen LogP contribution is -2.26. The first kappa shape index (κ1) is 15.5. The van der Waals surface area contributed by atoms with Crippen molar-refractivity contribution in [2.45, 2.75) is 32.6 Å². The van der Waals surface area contributed by atoms with Gasteiger partial charge in [0.1, 0.15) is 0 Å². The maximum Gasteiger partial charge on any atom is 0.319 e. The summed E-state index contributed by atoms with van der Waals surface area (Å²) < 4.78 is 24.8. The molecule has 0 fully saturated rings. The zero-order valence-corrected chi connectivity index (χ0v) is 13.3. The van der Waals surface area contributed by atoms with Crippen LogP contribution in [0.1, 0.15) is 36.5 Å². The Hall–Kier alpha value is -2.36. The summed E-state index contributed by atoms with van der Waals surface area (Å²) in [4.78, 5) is 12.3. The fourth-order valence-corrected chi connectivity index (χ4v) is 2.83. The molecule has 2 aromatic carbocycles. The summed E-state index contributed by atoms with van der Waals surface area (Å²) in [7, 11) is 0. The Balaban J connectivity index is 1.91. The first-order chi connectivity index (χ1) is 11.1. The standard InChI is InChI=1S/C19H19FO3/c1-3-12-5-7-13(8-6-12)15-11-14-9-10-16(22-4-2)17(20)18(14)23-19(15)21/h5-10,15H,3-4,11H2,1-2H3. The average Bonchev–Trinajstić information content (AvgIpc) is 2.58. The Kier molecular flexibility index (Phi) is 4.33. The number of fused-ring (bicyclic) bond motifs is 1. The van der Waals surface area contributed by atoms with E-state index in [0.717, 1.165) is 12.0 Å². The van der Waals surface area contributed by atoms with Gasteiger partial charge in [-0.15, -0.1) is 0 Å². The van der Waals surface area contributed by atoms with E-state index < -0.39 is 17.7 Å². The topological polar surface area (TPSA) is 35.5 Å². The number of hydrogen-bond donors (Lipinski definition) is 0. The molecule has 0 amide bonds. The van der Waals surface area contributed by atoms with Crippen molar-refractivity contribution in [3.8, 4) is 11.5 Å². The highest BCUT2D eigenvalue weighted by molar-refractivity contribution is 5.83. The van der Waals surface area contributed by atoms with Gasteiger partial charge in [0, 0.05) is 0 Å². The molecule has 1 heterocycles. The van der Waals surface area contributed by atoms with Gasteiger partial charge in [-0.25, -0.2) is 0 Å². The van der Waals surface area contributed by atoms with Crippen LogP contribution in [0, 0.1) is 5.82 Å². The number of ether oxygens (including phenoxy) is 2. The fraction of sp³-hybridized carbons (Fsp3) is 0.316. The summed E-state index contributed by atoms with van der Waals surface area (Å²) in [6, 6.07) is 11.3. The number of benzene rings is 2. The van der Waals surface area contributed by atoms with E-state index in [-0.39, 0.29) is 11.5 Å². The second kappa shape index (κ2) is 6.41. The summed E-state index contributed by atoms with van der Waals surface area (Å²) in [6.45, 7) is 4.22. The van der Waals surface area contributed by atoms with Crippen LogP contribution in [0.2, 0.25) is 0 Å². The highest BCUT2D eigenvalue weighted by Gasteiger charge is 2.32. The summed E-state index contributed by atoms with van der Waals surface area (Å²) in [5.41, 5.74) is 2.80. The lowest BCUT2D eigenvalue weighted by Gasteiger charge is -2.24. The van der Waals surface area contributed by atoms with Crippen molar-refractivity contribution in [3.63, 3.8) is 0 Å². The van der Waals surface area contributed by atoms with Crippen LogP contribution in [0.3, 0.4) is 0 Å². The van der Waals surface area contributed by atoms with Crippen molar-refractivity contribution >= 4 is 5.97 Å². The van der Waals surface area contributed by atoms with E-state index in [2.05, 4.69) is 6.92 Å². The van der Waals surface area contributed by atoms with Gasteiger partial charge in [0.25, 0.3) is 0 Å². The van der Waals surface area contributed by atoms with Crippen LogP contribution < -0.4 is 9.47 Å². The normalized spacial score (nSPS) is 16.7. The number of hydrogen-bond acceptors (Lipinski definition) is 3. The molecular formula is C19H19FO3. The van der Waals surface area contributed by atoms with E-state index in [9.17, 15) is 9.18 Å². The highest BCUT2D eigenvalue weighted by atomic mass is 19.1. The minimum Gasteiger partial charge on any atom is -0.491 e. The quantitative estimate of drug-likeness (QED) is 0.631. The third-order valence-electron chi connectivity index (χ3n) is 4.14. The second-order valence-corrected chi connectivity index (χ2v) is 5.57. The Morgan fingerprint density at radius 2 is 1.91 bits per heavy atom. The van der Waals surface area contributed by atoms with E-state index >= 15 is 0 Å². The SMILES string of the molecule is CCOc1ccc2c(c1F)OC(=O)C(c1ccc(CC)cc1)C2. The summed E-state index contributed by atoms with van der Waals surface area (Å²) in [5.74, 6) is -1.30. The molecule has 0 aliphatic carbocycles. The Morgan fingerprint density at radius 3 is 2.57 bits per heavy atom. The third kappa shape index (κ3) is 2.93. The molecule has 1 unspecified atom stereocenters. The van der Waals surface area contributed by atoms with Gasteiger partial charge < -0.3 is 9.47 Å². The van der Waals surface area contributed by atoms with Crippen LogP contribution in [-0.4, -0.2) is 12.6 Å². The number of aryl methyl sites for hydroxylation is 1. The molecule has 120 valence electrons. The fourth-order valence-electron chi connectivity index (χ4n) is 2.83. The van der Waals surface area contributed by atoms with Crippen LogP contribution in [0.4, 0.5) is 4.39 Å². The molecule has 4 heteroatoms. The molecule has 0 spiro atoms. The minimum atomic E-state index is -0.600. The van der Waals surface area contributed by atoms with Crippen LogP contribution in [-0.2, 0) is 17.6 Å². The van der Waals surface area contributed by atoms with Crippen LogP contribution in [0.25, 0.3) is 0 Å². The number of halogens is 1. The van der Waals surface area contributed by atoms with Gasteiger partial charge in [0.2, 0.25) is 5.82 Å². The maximum absolute atomic E-state index is 14.3. The Morgan fingerprint density at radius 1 is 1.17 bits per heavy atom. The summed E-state index contributed by atoms with van der Waals surface area (Å²) in [6.07, 6.45) is 1.38. The maximum atomic E-state index is 14.3. The lowest BCUT2D eigenvalue weighted by atomic mass is 9.89. The molecule has 0 saturated heterocycles. The molecule has 0 aromatic heterocycles. The van der Waals surface area contributed by atoms with Crippen LogP contribution >= 0.6 is 0 Å². The molecule has 2 aromatic rings. The molecule has 3 nitrogen and oxygen atoms in total. The van der Waals surface area contributed by atoms with Gasteiger partial charge >= 0.3 is 5.97 Å². The van der Waals surface area contributed by atoms with Crippen molar-refractivity contribution < 1.29 is 18.7 Å². The summed E-state index contributed by atoms with van der Waals surface area (Å²) in [5, 5.41) is 0. The van der Waals surface area contributed by atoms with Crippen molar-refractivity contribution in [2.75, 3.05) is 6.61 Å². The van der Waals surface area contributed by atoms with Crippen molar-refractivity contribution in [2.24, 2.45) is 0 Å². The largest absolute Gasteiger partial charge is 0.491 e. The van der Waals surface area contributed by atoms with Gasteiger partial charge in [0.15, 0.2) is 11.5 Å². The zero-order valence-electron chi connectivity index (χ0n) is 13.3. The first-order valence-corrected chi connectivity index (χ1v) is 7.88. The highest BCUT2D eigenvalue weighted by Crippen LogP contribution is 2.38.